The Morgan fingerprint density at radius 3 is 1.19 bits per heavy atom. The summed E-state index contributed by atoms with van der Waals surface area (Å²) in [5, 5.41) is 0. The summed E-state index contributed by atoms with van der Waals surface area (Å²) in [5.41, 5.74) is 0. The van der Waals surface area contributed by atoms with Crippen LogP contribution < -0.4 is 0 Å². The Balaban J connectivity index is 4.41. The van der Waals surface area contributed by atoms with Gasteiger partial charge in [0.25, 0.3) is 0 Å². The molecule has 0 N–H and O–H groups in total. The molecule has 1 atom stereocenters. The first-order valence-corrected chi connectivity index (χ1v) is 22.7. The van der Waals surface area contributed by atoms with Crippen LogP contribution in [-0.4, -0.2) is 37.2 Å². The molecule has 0 spiro atoms. The Bertz CT molecular complexity index is 964. The number of unbranched alkanes of at least 4 members (excludes halogenated alkanes) is 23. The summed E-state index contributed by atoms with van der Waals surface area (Å²) in [6, 6.07) is 0. The van der Waals surface area contributed by atoms with Crippen molar-refractivity contribution < 1.29 is 28.6 Å². The first kappa shape index (κ1) is 51.4. The van der Waals surface area contributed by atoms with Gasteiger partial charge < -0.3 is 14.2 Å². The maximum atomic E-state index is 12.7. The second kappa shape index (κ2) is 43.1. The predicted octanol–water partition coefficient (Wildman–Crippen LogP) is 14.4. The van der Waals surface area contributed by atoms with Crippen molar-refractivity contribution in [3.05, 3.63) is 48.6 Å². The maximum absolute atomic E-state index is 12.7. The Morgan fingerprint density at radius 2 is 0.741 bits per heavy atom. The van der Waals surface area contributed by atoms with Crippen LogP contribution in [0.3, 0.4) is 0 Å². The number of hydrogen-bond donors (Lipinski definition) is 0. The molecule has 0 saturated heterocycles. The molecule has 6 heteroatoms. The first-order valence-electron chi connectivity index (χ1n) is 22.7. The third kappa shape index (κ3) is 40.6. The lowest BCUT2D eigenvalue weighted by molar-refractivity contribution is -0.167. The van der Waals surface area contributed by atoms with Gasteiger partial charge in [-0.2, -0.15) is 0 Å². The normalized spacial score (nSPS) is 12.4. The van der Waals surface area contributed by atoms with Crippen LogP contribution >= 0.6 is 0 Å². The molecule has 0 amide bonds. The van der Waals surface area contributed by atoms with E-state index in [1.165, 1.54) is 83.5 Å². The number of carbonyl (C=O) groups is 3. The molecule has 0 heterocycles. The summed E-state index contributed by atoms with van der Waals surface area (Å²) in [7, 11) is 0. The second-order valence-electron chi connectivity index (χ2n) is 15.0. The molecule has 0 aliphatic carbocycles. The van der Waals surface area contributed by atoms with Crippen LogP contribution in [0.1, 0.15) is 220 Å². The Morgan fingerprint density at radius 1 is 0.389 bits per heavy atom. The summed E-state index contributed by atoms with van der Waals surface area (Å²) in [5.74, 6) is -0.926. The minimum absolute atomic E-state index is 0.0852. The van der Waals surface area contributed by atoms with Crippen LogP contribution in [0.25, 0.3) is 0 Å². The van der Waals surface area contributed by atoms with Crippen molar-refractivity contribution in [1.82, 2.24) is 0 Å². The molecular weight excluding hydrogens is 673 g/mol. The van der Waals surface area contributed by atoms with Crippen LogP contribution in [0, 0.1) is 0 Å². The molecule has 0 aromatic rings. The van der Waals surface area contributed by atoms with Gasteiger partial charge in [0.2, 0.25) is 0 Å². The highest BCUT2D eigenvalue weighted by atomic mass is 16.6. The Labute approximate surface area is 333 Å². The standard InChI is InChI=1S/C48H84O6/c1-4-7-10-13-16-19-21-23-25-26-29-32-35-38-41-47(50)53-44-45(43-52-46(49)40-37-34-31-28-18-15-12-9-6-3)54-48(51)42-39-36-33-30-27-24-22-20-17-14-11-8-5-2/h8,11,14,17,20,22,25-26,45H,4-7,9-10,12-13,15-16,18-19,21,23-24,27-44H2,1-3H3/b11-8-,17-14-,22-20-,26-25-. The van der Waals surface area contributed by atoms with Crippen molar-refractivity contribution in [2.45, 2.75) is 226 Å². The summed E-state index contributed by atoms with van der Waals surface area (Å²) >= 11 is 0. The molecule has 54 heavy (non-hydrogen) atoms. The average molecular weight is 757 g/mol. The van der Waals surface area contributed by atoms with Gasteiger partial charge in [-0.15, -0.1) is 0 Å². The van der Waals surface area contributed by atoms with Crippen LogP contribution in [-0.2, 0) is 28.6 Å². The summed E-state index contributed by atoms with van der Waals surface area (Å²) in [4.78, 5) is 37.7. The van der Waals surface area contributed by atoms with E-state index in [1.54, 1.807) is 0 Å². The number of allylic oxidation sites excluding steroid dienone is 8. The number of ether oxygens (including phenoxy) is 3. The van der Waals surface area contributed by atoms with E-state index in [0.717, 1.165) is 96.3 Å². The molecule has 0 rings (SSSR count). The van der Waals surface area contributed by atoms with E-state index in [2.05, 4.69) is 69.4 Å². The smallest absolute Gasteiger partial charge is 0.306 e. The van der Waals surface area contributed by atoms with Gasteiger partial charge in [0, 0.05) is 19.3 Å². The van der Waals surface area contributed by atoms with Crippen molar-refractivity contribution >= 4 is 17.9 Å². The van der Waals surface area contributed by atoms with E-state index in [9.17, 15) is 14.4 Å². The van der Waals surface area contributed by atoms with Gasteiger partial charge in [-0.05, 0) is 64.2 Å². The number of rotatable bonds is 40. The molecule has 1 unspecified atom stereocenters. The monoisotopic (exact) mass is 757 g/mol. The lowest BCUT2D eigenvalue weighted by Gasteiger charge is -2.18. The molecule has 0 fully saturated rings. The number of carbonyl (C=O) groups excluding carboxylic acids is 3. The largest absolute Gasteiger partial charge is 0.462 e. The van der Waals surface area contributed by atoms with Crippen LogP contribution in [0.2, 0.25) is 0 Å². The van der Waals surface area contributed by atoms with Gasteiger partial charge in [-0.3, -0.25) is 14.4 Å². The average Bonchev–Trinajstić information content (AvgIpc) is 3.17. The molecule has 0 aliphatic heterocycles. The van der Waals surface area contributed by atoms with E-state index in [-0.39, 0.29) is 31.1 Å². The molecule has 0 aromatic heterocycles. The fraction of sp³-hybridized carbons (Fsp3) is 0.771. The molecule has 0 aromatic carbocycles. The minimum Gasteiger partial charge on any atom is -0.462 e. The SMILES string of the molecule is CC\C=C/C=C\C=C/CCCCCCCC(=O)OC(COC(=O)CCCCC/C=C\CCCCCCCCC)COC(=O)CCCCCCCCCCC. The highest BCUT2D eigenvalue weighted by Gasteiger charge is 2.19. The third-order valence-electron chi connectivity index (χ3n) is 9.63. The van der Waals surface area contributed by atoms with Gasteiger partial charge in [0.05, 0.1) is 0 Å². The third-order valence-corrected chi connectivity index (χ3v) is 9.63. The quantitative estimate of drug-likeness (QED) is 0.0204. The van der Waals surface area contributed by atoms with E-state index in [0.29, 0.717) is 19.3 Å². The van der Waals surface area contributed by atoms with Gasteiger partial charge in [-0.1, -0.05) is 185 Å². The van der Waals surface area contributed by atoms with Gasteiger partial charge >= 0.3 is 17.9 Å². The summed E-state index contributed by atoms with van der Waals surface area (Å²) in [6.07, 6.45) is 49.5. The van der Waals surface area contributed by atoms with Crippen molar-refractivity contribution in [1.29, 1.82) is 0 Å². The molecule has 312 valence electrons. The second-order valence-corrected chi connectivity index (χ2v) is 15.0. The van der Waals surface area contributed by atoms with E-state index >= 15 is 0 Å². The van der Waals surface area contributed by atoms with Crippen LogP contribution in [0.15, 0.2) is 48.6 Å². The predicted molar refractivity (Wildman–Crippen MR) is 229 cm³/mol. The molecular formula is C48H84O6. The van der Waals surface area contributed by atoms with Crippen molar-refractivity contribution in [3.63, 3.8) is 0 Å². The molecule has 0 aliphatic rings. The minimum atomic E-state index is -0.784. The summed E-state index contributed by atoms with van der Waals surface area (Å²) < 4.78 is 16.7. The lowest BCUT2D eigenvalue weighted by atomic mass is 10.1. The van der Waals surface area contributed by atoms with Gasteiger partial charge in [-0.25, -0.2) is 0 Å². The van der Waals surface area contributed by atoms with Crippen LogP contribution in [0.5, 0.6) is 0 Å². The zero-order valence-corrected chi connectivity index (χ0v) is 35.5. The van der Waals surface area contributed by atoms with Gasteiger partial charge in [0.15, 0.2) is 6.10 Å². The topological polar surface area (TPSA) is 78.9 Å². The summed E-state index contributed by atoms with van der Waals surface area (Å²) in [6.45, 7) is 6.44. The van der Waals surface area contributed by atoms with E-state index in [4.69, 9.17) is 14.2 Å². The fourth-order valence-electron chi connectivity index (χ4n) is 6.20. The Kier molecular flexibility index (Phi) is 41.0. The molecule has 6 nitrogen and oxygen atoms in total. The van der Waals surface area contributed by atoms with Crippen molar-refractivity contribution in [3.8, 4) is 0 Å². The van der Waals surface area contributed by atoms with Crippen molar-refractivity contribution in [2.75, 3.05) is 13.2 Å². The molecule has 0 radical (unpaired) electrons. The zero-order chi connectivity index (χ0) is 39.4. The first-order chi connectivity index (χ1) is 26.5. The molecule has 0 bridgehead atoms. The highest BCUT2D eigenvalue weighted by Crippen LogP contribution is 2.13. The van der Waals surface area contributed by atoms with Crippen molar-refractivity contribution in [2.24, 2.45) is 0 Å². The zero-order valence-electron chi connectivity index (χ0n) is 35.5. The lowest BCUT2D eigenvalue weighted by Crippen LogP contribution is -2.30. The fourth-order valence-corrected chi connectivity index (χ4v) is 6.20. The number of hydrogen-bond acceptors (Lipinski definition) is 6. The van der Waals surface area contributed by atoms with E-state index < -0.39 is 6.10 Å². The maximum Gasteiger partial charge on any atom is 0.306 e. The number of esters is 3. The molecule has 0 saturated carbocycles. The highest BCUT2D eigenvalue weighted by molar-refractivity contribution is 5.71. The van der Waals surface area contributed by atoms with E-state index in [1.807, 2.05) is 0 Å². The van der Waals surface area contributed by atoms with Gasteiger partial charge in [0.1, 0.15) is 13.2 Å². The Hall–Kier alpha value is -2.63. The van der Waals surface area contributed by atoms with Crippen LogP contribution in [0.4, 0.5) is 0 Å².